The zero-order valence-electron chi connectivity index (χ0n) is 12.4. The molecule has 0 unspecified atom stereocenters. The van der Waals surface area contributed by atoms with E-state index < -0.39 is 0 Å². The van der Waals surface area contributed by atoms with Crippen LogP contribution in [-0.4, -0.2) is 24.8 Å². The summed E-state index contributed by atoms with van der Waals surface area (Å²) in [4.78, 5) is 12.1. The fraction of sp³-hybridized carbons (Fsp3) is 0.533. The molecule has 1 aromatic rings. The van der Waals surface area contributed by atoms with Gasteiger partial charge >= 0.3 is 0 Å². The Balaban J connectivity index is 1.94. The molecule has 0 aromatic heterocycles. The normalized spacial score (nSPS) is 16.1. The third-order valence-electron chi connectivity index (χ3n) is 3.55. The molecule has 1 aromatic carbocycles. The van der Waals surface area contributed by atoms with Gasteiger partial charge in [0, 0.05) is 17.8 Å². The van der Waals surface area contributed by atoms with Gasteiger partial charge in [0.25, 0.3) is 0 Å². The first-order valence-corrected chi connectivity index (χ1v) is 6.94. The van der Waals surface area contributed by atoms with Gasteiger partial charge in [0.1, 0.15) is 0 Å². The Kier molecular flexibility index (Phi) is 4.49. The number of nitrogens with one attached hydrogen (secondary N) is 2. The van der Waals surface area contributed by atoms with E-state index in [-0.39, 0.29) is 24.8 Å². The maximum absolute atomic E-state index is 12.1. The number of carbonyl (C=O) groups excluding carboxylic acids is 1. The zero-order valence-corrected chi connectivity index (χ0v) is 12.4. The molecule has 2 rings (SSSR count). The molecule has 0 saturated heterocycles. The third kappa shape index (κ3) is 3.42. The van der Waals surface area contributed by atoms with Crippen molar-refractivity contribution < 1.29 is 14.3 Å². The Bertz CT molecular complexity index is 488. The number of benzene rings is 1. The molecule has 2 N–H and O–H groups in total. The molecule has 2 atom stereocenters. The average Bonchev–Trinajstić information content (AvgIpc) is 2.85. The van der Waals surface area contributed by atoms with E-state index in [0.717, 1.165) is 0 Å². The second kappa shape index (κ2) is 6.13. The number of hydrogen-bond acceptors (Lipinski definition) is 4. The Morgan fingerprint density at radius 2 is 1.85 bits per heavy atom. The molecule has 1 aliphatic rings. The summed E-state index contributed by atoms with van der Waals surface area (Å²) in [5.41, 5.74) is 0.713. The first kappa shape index (κ1) is 14.7. The van der Waals surface area contributed by atoms with Crippen molar-refractivity contribution in [3.05, 3.63) is 18.2 Å². The maximum atomic E-state index is 12.1. The van der Waals surface area contributed by atoms with E-state index in [9.17, 15) is 4.79 Å². The van der Waals surface area contributed by atoms with Crippen molar-refractivity contribution in [2.24, 2.45) is 5.92 Å². The molecule has 20 heavy (non-hydrogen) atoms. The fourth-order valence-corrected chi connectivity index (χ4v) is 1.89. The van der Waals surface area contributed by atoms with Crippen molar-refractivity contribution in [3.63, 3.8) is 0 Å². The lowest BCUT2D eigenvalue weighted by Gasteiger charge is -2.22. The van der Waals surface area contributed by atoms with Crippen molar-refractivity contribution in [3.8, 4) is 11.5 Å². The fourth-order valence-electron chi connectivity index (χ4n) is 1.89. The van der Waals surface area contributed by atoms with Crippen molar-refractivity contribution in [2.45, 2.75) is 39.8 Å². The summed E-state index contributed by atoms with van der Waals surface area (Å²) in [7, 11) is 0. The highest BCUT2D eigenvalue weighted by atomic mass is 16.7. The van der Waals surface area contributed by atoms with Gasteiger partial charge < -0.3 is 20.1 Å². The number of ether oxygens (including phenoxy) is 2. The van der Waals surface area contributed by atoms with Crippen molar-refractivity contribution >= 4 is 11.6 Å². The Morgan fingerprint density at radius 3 is 2.55 bits per heavy atom. The summed E-state index contributed by atoms with van der Waals surface area (Å²) < 4.78 is 10.5. The molecule has 1 aliphatic heterocycles. The highest BCUT2D eigenvalue weighted by Gasteiger charge is 2.18. The van der Waals surface area contributed by atoms with Crippen molar-refractivity contribution in [2.75, 3.05) is 12.1 Å². The summed E-state index contributed by atoms with van der Waals surface area (Å²) in [6.45, 7) is 8.42. The predicted octanol–water partition coefficient (Wildman–Crippen LogP) is 2.38. The van der Waals surface area contributed by atoms with Crippen LogP contribution in [0, 0.1) is 5.92 Å². The highest BCUT2D eigenvalue weighted by Crippen LogP contribution is 2.34. The van der Waals surface area contributed by atoms with Crippen LogP contribution in [0.2, 0.25) is 0 Å². The van der Waals surface area contributed by atoms with E-state index in [1.54, 1.807) is 12.1 Å². The third-order valence-corrected chi connectivity index (χ3v) is 3.55. The molecule has 0 radical (unpaired) electrons. The second-order valence-electron chi connectivity index (χ2n) is 5.48. The number of fused-ring (bicyclic) bond motifs is 1. The average molecular weight is 278 g/mol. The number of amides is 1. The van der Waals surface area contributed by atoms with Gasteiger partial charge in [-0.25, -0.2) is 0 Å². The van der Waals surface area contributed by atoms with Crippen LogP contribution in [0.25, 0.3) is 0 Å². The van der Waals surface area contributed by atoms with Crippen LogP contribution in [0.5, 0.6) is 11.5 Å². The summed E-state index contributed by atoms with van der Waals surface area (Å²) in [5, 5.41) is 6.16. The lowest BCUT2D eigenvalue weighted by atomic mass is 10.1. The van der Waals surface area contributed by atoms with Crippen LogP contribution in [0.3, 0.4) is 0 Å². The van der Waals surface area contributed by atoms with Crippen LogP contribution < -0.4 is 20.1 Å². The zero-order chi connectivity index (χ0) is 14.7. The van der Waals surface area contributed by atoms with Crippen LogP contribution in [-0.2, 0) is 4.79 Å². The molecule has 5 heteroatoms. The van der Waals surface area contributed by atoms with Gasteiger partial charge in [-0.15, -0.1) is 0 Å². The number of anilines is 1. The first-order chi connectivity index (χ1) is 9.47. The summed E-state index contributed by atoms with van der Waals surface area (Å²) >= 11 is 0. The van der Waals surface area contributed by atoms with Gasteiger partial charge in [0.2, 0.25) is 12.7 Å². The SMILES string of the molecule is CC(C)[C@H](C)N[C@H](C)C(=O)Nc1ccc2c(c1)OCO2. The minimum absolute atomic E-state index is 0.0589. The molecule has 0 fully saturated rings. The van der Waals surface area contributed by atoms with E-state index in [0.29, 0.717) is 23.1 Å². The van der Waals surface area contributed by atoms with E-state index in [1.165, 1.54) is 0 Å². The Morgan fingerprint density at radius 1 is 1.15 bits per heavy atom. The largest absolute Gasteiger partial charge is 0.454 e. The minimum atomic E-state index is -0.252. The van der Waals surface area contributed by atoms with Gasteiger partial charge in [-0.2, -0.15) is 0 Å². The molecule has 0 aliphatic carbocycles. The monoisotopic (exact) mass is 278 g/mol. The lowest BCUT2D eigenvalue weighted by Crippen LogP contribution is -2.44. The Hall–Kier alpha value is -1.75. The second-order valence-corrected chi connectivity index (χ2v) is 5.48. The van der Waals surface area contributed by atoms with Crippen molar-refractivity contribution in [1.29, 1.82) is 0 Å². The van der Waals surface area contributed by atoms with E-state index >= 15 is 0 Å². The molecule has 1 heterocycles. The maximum Gasteiger partial charge on any atom is 0.241 e. The smallest absolute Gasteiger partial charge is 0.241 e. The molecule has 1 amide bonds. The Labute approximate surface area is 119 Å². The standard InChI is InChI=1S/C15H22N2O3/c1-9(2)10(3)16-11(4)15(18)17-12-5-6-13-14(7-12)20-8-19-13/h5-7,9-11,16H,8H2,1-4H3,(H,17,18)/t10-,11+/m0/s1. The van der Waals surface area contributed by atoms with E-state index in [1.807, 2.05) is 13.0 Å². The molecular formula is C15H22N2O3. The molecule has 5 nitrogen and oxygen atoms in total. The van der Waals surface area contributed by atoms with Crippen LogP contribution in [0.1, 0.15) is 27.7 Å². The van der Waals surface area contributed by atoms with Gasteiger partial charge in [-0.05, 0) is 31.9 Å². The van der Waals surface area contributed by atoms with Gasteiger partial charge in [0.05, 0.1) is 6.04 Å². The van der Waals surface area contributed by atoms with Crippen LogP contribution in [0.15, 0.2) is 18.2 Å². The van der Waals surface area contributed by atoms with Crippen LogP contribution in [0.4, 0.5) is 5.69 Å². The minimum Gasteiger partial charge on any atom is -0.454 e. The van der Waals surface area contributed by atoms with Gasteiger partial charge in [-0.3, -0.25) is 4.79 Å². The molecule has 0 bridgehead atoms. The summed E-state index contributed by atoms with van der Waals surface area (Å²) in [6, 6.07) is 5.42. The molecule has 0 saturated carbocycles. The lowest BCUT2D eigenvalue weighted by molar-refractivity contribution is -0.118. The molecule has 0 spiro atoms. The number of carbonyl (C=O) groups is 1. The van der Waals surface area contributed by atoms with E-state index in [4.69, 9.17) is 9.47 Å². The van der Waals surface area contributed by atoms with Gasteiger partial charge in [-0.1, -0.05) is 13.8 Å². The first-order valence-electron chi connectivity index (χ1n) is 6.94. The topological polar surface area (TPSA) is 59.6 Å². The number of rotatable bonds is 5. The summed E-state index contributed by atoms with van der Waals surface area (Å²) in [5.74, 6) is 1.80. The highest BCUT2D eigenvalue weighted by molar-refractivity contribution is 5.94. The summed E-state index contributed by atoms with van der Waals surface area (Å²) in [6.07, 6.45) is 0. The van der Waals surface area contributed by atoms with Crippen LogP contribution >= 0.6 is 0 Å². The van der Waals surface area contributed by atoms with E-state index in [2.05, 4.69) is 31.4 Å². The quantitative estimate of drug-likeness (QED) is 0.868. The number of hydrogen-bond donors (Lipinski definition) is 2. The predicted molar refractivity (Wildman–Crippen MR) is 78.1 cm³/mol. The molecule has 110 valence electrons. The van der Waals surface area contributed by atoms with Crippen molar-refractivity contribution in [1.82, 2.24) is 5.32 Å². The van der Waals surface area contributed by atoms with Gasteiger partial charge in [0.15, 0.2) is 11.5 Å². The molecular weight excluding hydrogens is 256 g/mol.